The molecule has 3 aromatic carbocycles. The molecule has 2 aliphatic rings. The van der Waals surface area contributed by atoms with Gasteiger partial charge in [0.2, 0.25) is 0 Å². The van der Waals surface area contributed by atoms with E-state index in [0.29, 0.717) is 47.5 Å². The van der Waals surface area contributed by atoms with Crippen LogP contribution in [0.2, 0.25) is 0 Å². The van der Waals surface area contributed by atoms with E-state index in [2.05, 4.69) is 6.92 Å². The van der Waals surface area contributed by atoms with Gasteiger partial charge in [-0.05, 0) is 60.7 Å². The van der Waals surface area contributed by atoms with Crippen molar-refractivity contribution in [3.05, 3.63) is 93.5 Å². The van der Waals surface area contributed by atoms with E-state index in [4.69, 9.17) is 14.2 Å². The number of ether oxygens (including phenoxy) is 3. The third kappa shape index (κ3) is 3.62. The monoisotopic (exact) mass is 442 g/mol. The average Bonchev–Trinajstić information content (AvgIpc) is 2.85. The molecule has 1 atom stereocenters. The fourth-order valence-corrected chi connectivity index (χ4v) is 4.97. The Kier molecular flexibility index (Phi) is 5.29. The Bertz CT molecular complexity index is 1260. The van der Waals surface area contributed by atoms with E-state index in [0.717, 1.165) is 28.9 Å². The fourth-order valence-electron chi connectivity index (χ4n) is 4.97. The van der Waals surface area contributed by atoms with Gasteiger partial charge in [-0.15, -0.1) is 0 Å². The molecule has 0 saturated carbocycles. The maximum absolute atomic E-state index is 13.5. The average molecular weight is 443 g/mol. The molecule has 0 bridgehead atoms. The van der Waals surface area contributed by atoms with Crippen LogP contribution in [0.25, 0.3) is 0 Å². The molecular formula is C28H26O5. The number of methoxy groups -OCH3 is 2. The zero-order valence-electron chi connectivity index (χ0n) is 19.1. The van der Waals surface area contributed by atoms with Crippen LogP contribution in [-0.4, -0.2) is 31.4 Å². The van der Waals surface area contributed by atoms with Gasteiger partial charge in [-0.2, -0.15) is 0 Å². The molecule has 0 spiro atoms. The molecule has 2 aliphatic carbocycles. The summed E-state index contributed by atoms with van der Waals surface area (Å²) in [6, 6.07) is 16.8. The number of benzene rings is 3. The molecular weight excluding hydrogens is 416 g/mol. The third-order valence-electron chi connectivity index (χ3n) is 6.81. The molecule has 33 heavy (non-hydrogen) atoms. The molecule has 0 fully saturated rings. The van der Waals surface area contributed by atoms with E-state index in [1.807, 2.05) is 30.3 Å². The summed E-state index contributed by atoms with van der Waals surface area (Å²) in [5.41, 5.74) is 4.60. The predicted octanol–water partition coefficient (Wildman–Crippen LogP) is 4.94. The van der Waals surface area contributed by atoms with Crippen LogP contribution < -0.4 is 9.47 Å². The minimum Gasteiger partial charge on any atom is -0.497 e. The Morgan fingerprint density at radius 3 is 2.30 bits per heavy atom. The van der Waals surface area contributed by atoms with Gasteiger partial charge in [-0.3, -0.25) is 9.59 Å². The van der Waals surface area contributed by atoms with Crippen molar-refractivity contribution in [1.82, 2.24) is 0 Å². The van der Waals surface area contributed by atoms with Crippen molar-refractivity contribution in [1.29, 1.82) is 0 Å². The summed E-state index contributed by atoms with van der Waals surface area (Å²) >= 11 is 0. The van der Waals surface area contributed by atoms with Crippen LogP contribution in [0.1, 0.15) is 61.9 Å². The van der Waals surface area contributed by atoms with Gasteiger partial charge in [0.05, 0.1) is 32.0 Å². The quantitative estimate of drug-likeness (QED) is 0.438. The Balaban J connectivity index is 1.43. The van der Waals surface area contributed by atoms with Gasteiger partial charge in [0, 0.05) is 23.1 Å². The second-order valence-corrected chi connectivity index (χ2v) is 8.93. The summed E-state index contributed by atoms with van der Waals surface area (Å²) < 4.78 is 16.9. The zero-order chi connectivity index (χ0) is 23.2. The number of carbonyl (C=O) groups is 2. The summed E-state index contributed by atoms with van der Waals surface area (Å²) in [6.45, 7) is 2.62. The molecule has 5 heteroatoms. The SMILES string of the molecule is COc1ccc(CO[C@@]2(C)CCc3c(ccc4c3C(=O)c3cccc(OC)c3C4=O)C2)cc1. The van der Waals surface area contributed by atoms with Crippen molar-refractivity contribution in [2.45, 2.75) is 38.4 Å². The number of carbonyl (C=O) groups excluding carboxylic acids is 2. The molecule has 0 heterocycles. The van der Waals surface area contributed by atoms with Crippen LogP contribution in [0.4, 0.5) is 0 Å². The van der Waals surface area contributed by atoms with Crippen LogP contribution in [0, 0.1) is 0 Å². The molecule has 0 unspecified atom stereocenters. The van der Waals surface area contributed by atoms with E-state index in [-0.39, 0.29) is 17.2 Å². The van der Waals surface area contributed by atoms with Gasteiger partial charge in [-0.25, -0.2) is 0 Å². The van der Waals surface area contributed by atoms with E-state index < -0.39 is 0 Å². The summed E-state index contributed by atoms with van der Waals surface area (Å²) in [5.74, 6) is 1.01. The summed E-state index contributed by atoms with van der Waals surface area (Å²) in [6.07, 6.45) is 2.16. The molecule has 168 valence electrons. The highest BCUT2D eigenvalue weighted by molar-refractivity contribution is 6.29. The molecule has 0 radical (unpaired) electrons. The highest BCUT2D eigenvalue weighted by Gasteiger charge is 2.38. The van der Waals surface area contributed by atoms with Gasteiger partial charge in [0.15, 0.2) is 11.6 Å². The molecule has 0 N–H and O–H groups in total. The lowest BCUT2D eigenvalue weighted by molar-refractivity contribution is -0.0520. The van der Waals surface area contributed by atoms with Crippen molar-refractivity contribution in [3.63, 3.8) is 0 Å². The minimum atomic E-state index is -0.343. The number of ketones is 2. The Hall–Kier alpha value is -3.44. The van der Waals surface area contributed by atoms with E-state index in [1.165, 1.54) is 7.11 Å². The lowest BCUT2D eigenvalue weighted by Crippen LogP contribution is -2.37. The lowest BCUT2D eigenvalue weighted by atomic mass is 9.74. The summed E-state index contributed by atoms with van der Waals surface area (Å²) in [7, 11) is 3.17. The highest BCUT2D eigenvalue weighted by Crippen LogP contribution is 2.40. The van der Waals surface area contributed by atoms with Crippen LogP contribution in [0.3, 0.4) is 0 Å². The molecule has 0 saturated heterocycles. The van der Waals surface area contributed by atoms with E-state index >= 15 is 0 Å². The van der Waals surface area contributed by atoms with Crippen molar-refractivity contribution in [2.24, 2.45) is 0 Å². The molecule has 3 aromatic rings. The highest BCUT2D eigenvalue weighted by atomic mass is 16.5. The summed E-state index contributed by atoms with van der Waals surface area (Å²) in [4.78, 5) is 26.8. The van der Waals surface area contributed by atoms with Gasteiger partial charge in [-0.1, -0.05) is 30.3 Å². The first-order chi connectivity index (χ1) is 15.9. The van der Waals surface area contributed by atoms with Crippen molar-refractivity contribution in [2.75, 3.05) is 14.2 Å². The topological polar surface area (TPSA) is 61.8 Å². The zero-order valence-corrected chi connectivity index (χ0v) is 19.1. The molecule has 0 amide bonds. The van der Waals surface area contributed by atoms with Gasteiger partial charge >= 0.3 is 0 Å². The van der Waals surface area contributed by atoms with Crippen molar-refractivity contribution >= 4 is 11.6 Å². The maximum Gasteiger partial charge on any atom is 0.198 e. The number of hydrogen-bond donors (Lipinski definition) is 0. The minimum absolute atomic E-state index is 0.0990. The maximum atomic E-state index is 13.5. The standard InChI is InChI=1S/C28H26O5/c1-28(33-16-17-7-10-19(31-2)11-8-17)14-13-20-18(15-28)9-12-22-24(20)26(29)21-5-4-6-23(32-3)25(21)27(22)30/h4-12H,13-16H2,1-3H3/t28-/m0/s1. The molecule has 0 aromatic heterocycles. The van der Waals surface area contributed by atoms with Crippen molar-refractivity contribution in [3.8, 4) is 11.5 Å². The van der Waals surface area contributed by atoms with Gasteiger partial charge in [0.1, 0.15) is 11.5 Å². The fraction of sp³-hybridized carbons (Fsp3) is 0.286. The van der Waals surface area contributed by atoms with E-state index in [1.54, 1.807) is 31.4 Å². The third-order valence-corrected chi connectivity index (χ3v) is 6.81. The molecule has 5 nitrogen and oxygen atoms in total. The first-order valence-corrected chi connectivity index (χ1v) is 11.1. The lowest BCUT2D eigenvalue weighted by Gasteiger charge is -2.36. The first-order valence-electron chi connectivity index (χ1n) is 11.1. The largest absolute Gasteiger partial charge is 0.497 e. The smallest absolute Gasteiger partial charge is 0.198 e. The number of fused-ring (bicyclic) bond motifs is 4. The number of hydrogen-bond acceptors (Lipinski definition) is 5. The van der Waals surface area contributed by atoms with Crippen LogP contribution >= 0.6 is 0 Å². The Morgan fingerprint density at radius 1 is 0.848 bits per heavy atom. The van der Waals surface area contributed by atoms with Crippen molar-refractivity contribution < 1.29 is 23.8 Å². The number of rotatable bonds is 5. The second-order valence-electron chi connectivity index (χ2n) is 8.93. The van der Waals surface area contributed by atoms with Crippen LogP contribution in [-0.2, 0) is 24.2 Å². The van der Waals surface area contributed by atoms with Crippen LogP contribution in [0.15, 0.2) is 54.6 Å². The molecule has 0 aliphatic heterocycles. The Labute approximate surface area is 193 Å². The van der Waals surface area contributed by atoms with Crippen LogP contribution in [0.5, 0.6) is 11.5 Å². The van der Waals surface area contributed by atoms with Gasteiger partial charge in [0.25, 0.3) is 0 Å². The second kappa shape index (κ2) is 8.16. The van der Waals surface area contributed by atoms with Gasteiger partial charge < -0.3 is 14.2 Å². The predicted molar refractivity (Wildman–Crippen MR) is 125 cm³/mol. The first kappa shape index (κ1) is 21.4. The Morgan fingerprint density at radius 2 is 1.58 bits per heavy atom. The molecule has 5 rings (SSSR count). The van der Waals surface area contributed by atoms with E-state index in [9.17, 15) is 9.59 Å². The summed E-state index contributed by atoms with van der Waals surface area (Å²) in [5, 5.41) is 0. The normalized spacial score (nSPS) is 18.9.